The fourth-order valence-corrected chi connectivity index (χ4v) is 2.99. The molecule has 1 aromatic heterocycles. The van der Waals surface area contributed by atoms with E-state index in [-0.39, 0.29) is 23.1 Å². The Morgan fingerprint density at radius 1 is 1.17 bits per heavy atom. The van der Waals surface area contributed by atoms with Crippen LogP contribution in [-0.2, 0) is 15.0 Å². The molecule has 2 aromatic rings. The van der Waals surface area contributed by atoms with E-state index in [1.165, 1.54) is 37.4 Å². The van der Waals surface area contributed by atoms with Crippen LogP contribution in [0.15, 0.2) is 34.9 Å². The Balaban J connectivity index is 2.12. The van der Waals surface area contributed by atoms with Crippen molar-refractivity contribution in [2.75, 3.05) is 12.4 Å². The molecule has 0 aliphatic heterocycles. The third kappa shape index (κ3) is 6.87. The van der Waals surface area contributed by atoms with Gasteiger partial charge in [-0.1, -0.05) is 12.1 Å². The van der Waals surface area contributed by atoms with Crippen molar-refractivity contribution in [1.82, 2.24) is 14.7 Å². The van der Waals surface area contributed by atoms with Gasteiger partial charge in [-0.3, -0.25) is 5.32 Å². The average Bonchev–Trinajstić information content (AvgIpc) is 2.59. The molecular formula is C16H17BrN4O7S. The summed E-state index contributed by atoms with van der Waals surface area (Å²) in [6, 6.07) is 5.80. The molecule has 0 aliphatic rings. The van der Waals surface area contributed by atoms with Crippen LogP contribution < -0.4 is 19.0 Å². The van der Waals surface area contributed by atoms with Gasteiger partial charge in [0, 0.05) is 6.07 Å². The van der Waals surface area contributed by atoms with Gasteiger partial charge >= 0.3 is 22.3 Å². The monoisotopic (exact) mass is 488 g/mol. The van der Waals surface area contributed by atoms with Crippen LogP contribution in [0.3, 0.4) is 0 Å². The van der Waals surface area contributed by atoms with Crippen molar-refractivity contribution in [2.45, 2.75) is 20.0 Å². The number of hydrogen-bond acceptors (Lipinski definition) is 9. The standard InChI is InChI=1S/C16H17BrN4O7S/c1-9(2)27-14(22)10-6-4-5-7-11(10)28-29(24,25)21-16(23)20-15-18-12(17)8-13(19-15)26-3/h4-9H,1-3H3,(H2,18,19,20,21,23). The largest absolute Gasteiger partial charge is 0.481 e. The van der Waals surface area contributed by atoms with E-state index in [2.05, 4.69) is 31.2 Å². The molecule has 11 nitrogen and oxygen atoms in total. The zero-order chi connectivity index (χ0) is 21.6. The molecule has 0 bridgehead atoms. The lowest BCUT2D eigenvalue weighted by Crippen LogP contribution is -2.37. The number of hydrogen-bond donors (Lipinski definition) is 2. The summed E-state index contributed by atoms with van der Waals surface area (Å²) in [6.45, 7) is 3.28. The van der Waals surface area contributed by atoms with Gasteiger partial charge in [0.1, 0.15) is 10.2 Å². The van der Waals surface area contributed by atoms with E-state index in [9.17, 15) is 18.0 Å². The Hall–Kier alpha value is -2.93. The number of halogens is 1. The normalized spacial score (nSPS) is 10.9. The number of methoxy groups -OCH3 is 1. The highest BCUT2D eigenvalue weighted by atomic mass is 79.9. The first kappa shape index (κ1) is 22.4. The SMILES string of the molecule is COc1cc(Br)nc(NC(=O)NS(=O)(=O)Oc2ccccc2C(=O)OC(C)C)n1. The van der Waals surface area contributed by atoms with Crippen molar-refractivity contribution in [3.63, 3.8) is 0 Å². The number of carbonyl (C=O) groups is 2. The minimum atomic E-state index is -4.63. The minimum absolute atomic E-state index is 0.118. The highest BCUT2D eigenvalue weighted by Crippen LogP contribution is 2.21. The zero-order valence-electron chi connectivity index (χ0n) is 15.5. The van der Waals surface area contributed by atoms with Gasteiger partial charge in [0.2, 0.25) is 11.8 Å². The number of ether oxygens (including phenoxy) is 2. The maximum Gasteiger partial charge on any atom is 0.411 e. The Morgan fingerprint density at radius 3 is 2.52 bits per heavy atom. The maximum absolute atomic E-state index is 12.2. The first-order valence-corrected chi connectivity index (χ1v) is 10.2. The number of nitrogens with zero attached hydrogens (tertiary/aromatic N) is 2. The Morgan fingerprint density at radius 2 is 1.86 bits per heavy atom. The maximum atomic E-state index is 12.2. The Kier molecular flexibility index (Phi) is 7.34. The van der Waals surface area contributed by atoms with Crippen molar-refractivity contribution in [3.8, 4) is 11.6 Å². The van der Waals surface area contributed by atoms with Gasteiger partial charge < -0.3 is 13.7 Å². The van der Waals surface area contributed by atoms with Crippen molar-refractivity contribution >= 4 is 44.2 Å². The van der Waals surface area contributed by atoms with Crippen LogP contribution in [0.1, 0.15) is 24.2 Å². The molecular weight excluding hydrogens is 472 g/mol. The lowest BCUT2D eigenvalue weighted by Gasteiger charge is -2.13. The predicted octanol–water partition coefficient (Wildman–Crippen LogP) is 2.26. The lowest BCUT2D eigenvalue weighted by atomic mass is 10.2. The van der Waals surface area contributed by atoms with Gasteiger partial charge in [0.05, 0.1) is 13.2 Å². The Bertz CT molecular complexity index is 1010. The molecule has 156 valence electrons. The zero-order valence-corrected chi connectivity index (χ0v) is 17.9. The molecule has 0 saturated heterocycles. The first-order valence-electron chi connectivity index (χ1n) is 8.01. The number of amides is 2. The number of anilines is 1. The molecule has 0 unspecified atom stereocenters. The number of rotatable bonds is 7. The summed E-state index contributed by atoms with van der Waals surface area (Å²) in [5, 5.41) is 2.13. The number of nitrogens with one attached hydrogen (secondary N) is 2. The smallest absolute Gasteiger partial charge is 0.411 e. The molecule has 1 heterocycles. The van der Waals surface area contributed by atoms with E-state index in [0.29, 0.717) is 4.60 Å². The van der Waals surface area contributed by atoms with Crippen LogP contribution in [0.25, 0.3) is 0 Å². The minimum Gasteiger partial charge on any atom is -0.481 e. The molecule has 0 atom stereocenters. The summed E-state index contributed by atoms with van der Waals surface area (Å²) in [5.41, 5.74) is -0.118. The summed E-state index contributed by atoms with van der Waals surface area (Å²) in [4.78, 5) is 31.8. The highest BCUT2D eigenvalue weighted by Gasteiger charge is 2.22. The van der Waals surface area contributed by atoms with E-state index >= 15 is 0 Å². The Labute approximate surface area is 175 Å². The van der Waals surface area contributed by atoms with Crippen LogP contribution in [0, 0.1) is 0 Å². The molecule has 0 aliphatic carbocycles. The molecule has 0 spiro atoms. The first-order chi connectivity index (χ1) is 13.6. The van der Waals surface area contributed by atoms with Crippen LogP contribution in [0.2, 0.25) is 0 Å². The van der Waals surface area contributed by atoms with E-state index in [4.69, 9.17) is 13.7 Å². The van der Waals surface area contributed by atoms with E-state index in [1.54, 1.807) is 18.6 Å². The topological polar surface area (TPSA) is 146 Å². The molecule has 29 heavy (non-hydrogen) atoms. The van der Waals surface area contributed by atoms with Crippen LogP contribution in [0.4, 0.5) is 10.7 Å². The van der Waals surface area contributed by atoms with E-state index < -0.39 is 28.4 Å². The molecule has 0 radical (unpaired) electrons. The lowest BCUT2D eigenvalue weighted by molar-refractivity contribution is 0.0376. The van der Waals surface area contributed by atoms with Crippen LogP contribution in [0.5, 0.6) is 11.6 Å². The van der Waals surface area contributed by atoms with Gasteiger partial charge in [-0.25, -0.2) is 19.3 Å². The summed E-state index contributed by atoms with van der Waals surface area (Å²) in [6.07, 6.45) is -0.418. The van der Waals surface area contributed by atoms with Crippen molar-refractivity contribution < 1.29 is 31.7 Å². The molecule has 13 heteroatoms. The molecule has 2 N–H and O–H groups in total. The summed E-state index contributed by atoms with van der Waals surface area (Å²) >= 11 is 3.10. The third-order valence-corrected chi connectivity index (χ3v) is 4.21. The fraction of sp³-hybridized carbons (Fsp3) is 0.250. The summed E-state index contributed by atoms with van der Waals surface area (Å²) in [5.74, 6) is -1.16. The number of aromatic nitrogens is 2. The van der Waals surface area contributed by atoms with Gasteiger partial charge in [-0.15, -0.1) is 0 Å². The third-order valence-electron chi connectivity index (χ3n) is 2.97. The summed E-state index contributed by atoms with van der Waals surface area (Å²) < 4.78 is 41.1. The number of esters is 1. The number of para-hydroxylation sites is 1. The number of urea groups is 1. The van der Waals surface area contributed by atoms with Crippen LogP contribution >= 0.6 is 15.9 Å². The fourth-order valence-electron chi connectivity index (χ4n) is 1.92. The van der Waals surface area contributed by atoms with E-state index in [0.717, 1.165) is 0 Å². The molecule has 2 amide bonds. The number of carbonyl (C=O) groups excluding carboxylic acids is 2. The van der Waals surface area contributed by atoms with Crippen molar-refractivity contribution in [3.05, 3.63) is 40.5 Å². The average molecular weight is 489 g/mol. The van der Waals surface area contributed by atoms with Crippen molar-refractivity contribution in [2.24, 2.45) is 0 Å². The van der Waals surface area contributed by atoms with E-state index in [1.807, 2.05) is 0 Å². The second kappa shape index (κ2) is 9.52. The van der Waals surface area contributed by atoms with Crippen molar-refractivity contribution in [1.29, 1.82) is 0 Å². The second-order valence-corrected chi connectivity index (χ2v) is 7.69. The predicted molar refractivity (Wildman–Crippen MR) is 105 cm³/mol. The molecule has 0 saturated carbocycles. The van der Waals surface area contributed by atoms with Gasteiger partial charge in [-0.2, -0.15) is 13.4 Å². The number of benzene rings is 1. The second-order valence-electron chi connectivity index (χ2n) is 5.60. The van der Waals surface area contributed by atoms with Crippen LogP contribution in [-0.4, -0.2) is 43.6 Å². The van der Waals surface area contributed by atoms with Gasteiger partial charge in [0.25, 0.3) is 0 Å². The highest BCUT2D eigenvalue weighted by molar-refractivity contribution is 9.10. The molecule has 1 aromatic carbocycles. The van der Waals surface area contributed by atoms with Gasteiger partial charge in [0.15, 0.2) is 5.75 Å². The quantitative estimate of drug-likeness (QED) is 0.442. The molecule has 0 fully saturated rings. The molecule has 2 rings (SSSR count). The summed E-state index contributed by atoms with van der Waals surface area (Å²) in [7, 11) is -3.27. The van der Waals surface area contributed by atoms with Gasteiger partial charge in [-0.05, 0) is 41.9 Å².